The number of thioether (sulfide) groups is 1. The zero-order valence-electron chi connectivity index (χ0n) is 6.30. The topological polar surface area (TPSA) is 17.1 Å². The van der Waals surface area contributed by atoms with E-state index in [9.17, 15) is 13.6 Å². The minimum Gasteiger partial charge on any atom is -0.298 e. The standard InChI is InChI=1S/C8H6F2OS/c1-12-8-3-5(9)2-7(10)6(8)4-11/h2-4H,1H3. The van der Waals surface area contributed by atoms with Crippen LogP contribution >= 0.6 is 11.8 Å². The van der Waals surface area contributed by atoms with Crippen molar-refractivity contribution in [3.05, 3.63) is 29.3 Å². The van der Waals surface area contributed by atoms with Gasteiger partial charge in [-0.25, -0.2) is 8.78 Å². The van der Waals surface area contributed by atoms with Gasteiger partial charge in [-0.05, 0) is 12.3 Å². The van der Waals surface area contributed by atoms with Crippen LogP contribution in [0.5, 0.6) is 0 Å². The van der Waals surface area contributed by atoms with Crippen molar-refractivity contribution < 1.29 is 13.6 Å². The summed E-state index contributed by atoms with van der Waals surface area (Å²) in [6.45, 7) is 0. The Morgan fingerprint density at radius 3 is 2.58 bits per heavy atom. The van der Waals surface area contributed by atoms with Crippen LogP contribution in [0.3, 0.4) is 0 Å². The van der Waals surface area contributed by atoms with Gasteiger partial charge in [0.15, 0.2) is 6.29 Å². The summed E-state index contributed by atoms with van der Waals surface area (Å²) in [4.78, 5) is 10.7. The Labute approximate surface area is 72.8 Å². The van der Waals surface area contributed by atoms with E-state index in [-0.39, 0.29) is 5.56 Å². The Hall–Kier alpha value is -0.900. The number of hydrogen-bond donors (Lipinski definition) is 0. The van der Waals surface area contributed by atoms with Gasteiger partial charge in [0.25, 0.3) is 0 Å². The number of carbonyl (C=O) groups excluding carboxylic acids is 1. The fourth-order valence-corrected chi connectivity index (χ4v) is 1.44. The Morgan fingerprint density at radius 2 is 2.08 bits per heavy atom. The van der Waals surface area contributed by atoms with Gasteiger partial charge in [-0.2, -0.15) is 0 Å². The molecule has 0 aliphatic heterocycles. The number of aldehydes is 1. The molecule has 1 rings (SSSR count). The SMILES string of the molecule is CSc1cc(F)cc(F)c1C=O. The van der Waals surface area contributed by atoms with E-state index >= 15 is 0 Å². The Kier molecular flexibility index (Phi) is 2.81. The molecule has 1 aromatic rings. The lowest BCUT2D eigenvalue weighted by molar-refractivity contribution is 0.111. The van der Waals surface area contributed by atoms with E-state index in [4.69, 9.17) is 0 Å². The Morgan fingerprint density at radius 1 is 1.42 bits per heavy atom. The maximum Gasteiger partial charge on any atom is 0.154 e. The molecule has 0 saturated heterocycles. The summed E-state index contributed by atoms with van der Waals surface area (Å²) in [5, 5.41) is 0. The van der Waals surface area contributed by atoms with Crippen molar-refractivity contribution in [3.63, 3.8) is 0 Å². The fourth-order valence-electron chi connectivity index (χ4n) is 0.844. The van der Waals surface area contributed by atoms with Crippen LogP contribution in [-0.2, 0) is 0 Å². The van der Waals surface area contributed by atoms with Crippen LogP contribution in [0.25, 0.3) is 0 Å². The highest BCUT2D eigenvalue weighted by molar-refractivity contribution is 7.98. The van der Waals surface area contributed by atoms with Crippen LogP contribution in [0.15, 0.2) is 17.0 Å². The summed E-state index contributed by atoms with van der Waals surface area (Å²) in [7, 11) is 0. The van der Waals surface area contributed by atoms with Gasteiger partial charge in [0, 0.05) is 11.0 Å². The molecule has 0 atom stereocenters. The number of benzene rings is 1. The van der Waals surface area contributed by atoms with E-state index in [0.29, 0.717) is 17.2 Å². The number of rotatable bonds is 2. The van der Waals surface area contributed by atoms with E-state index in [1.165, 1.54) is 0 Å². The van der Waals surface area contributed by atoms with Crippen molar-refractivity contribution in [1.29, 1.82) is 0 Å². The molecule has 0 aliphatic rings. The highest BCUT2D eigenvalue weighted by Gasteiger charge is 2.08. The molecule has 0 spiro atoms. The lowest BCUT2D eigenvalue weighted by atomic mass is 10.2. The van der Waals surface area contributed by atoms with Crippen LogP contribution in [-0.4, -0.2) is 12.5 Å². The van der Waals surface area contributed by atoms with Crippen molar-refractivity contribution >= 4 is 18.0 Å². The molecule has 1 nitrogen and oxygen atoms in total. The van der Waals surface area contributed by atoms with Crippen LogP contribution in [0.2, 0.25) is 0 Å². The molecule has 0 radical (unpaired) electrons. The lowest BCUT2D eigenvalue weighted by Gasteiger charge is -2.01. The molecule has 0 unspecified atom stereocenters. The van der Waals surface area contributed by atoms with Gasteiger partial charge in [-0.15, -0.1) is 11.8 Å². The monoisotopic (exact) mass is 188 g/mol. The van der Waals surface area contributed by atoms with Crippen molar-refractivity contribution in [1.82, 2.24) is 0 Å². The average molecular weight is 188 g/mol. The second kappa shape index (κ2) is 3.67. The van der Waals surface area contributed by atoms with Crippen molar-refractivity contribution in [2.45, 2.75) is 4.90 Å². The molecule has 0 saturated carbocycles. The van der Waals surface area contributed by atoms with E-state index in [2.05, 4.69) is 0 Å². The molecule has 64 valence electrons. The first-order chi connectivity index (χ1) is 5.69. The summed E-state index contributed by atoms with van der Waals surface area (Å²) >= 11 is 1.14. The maximum absolute atomic E-state index is 12.8. The third-order valence-corrected chi connectivity index (χ3v) is 2.17. The second-order valence-corrected chi connectivity index (χ2v) is 2.97. The van der Waals surface area contributed by atoms with Crippen LogP contribution in [0, 0.1) is 11.6 Å². The molecule has 1 aromatic carbocycles. The van der Waals surface area contributed by atoms with Gasteiger partial charge in [-0.3, -0.25) is 4.79 Å². The largest absolute Gasteiger partial charge is 0.298 e. The predicted octanol–water partition coefficient (Wildman–Crippen LogP) is 2.50. The molecule has 0 fully saturated rings. The molecular weight excluding hydrogens is 182 g/mol. The minimum atomic E-state index is -0.811. The Balaban J connectivity index is 3.33. The van der Waals surface area contributed by atoms with E-state index in [0.717, 1.165) is 17.8 Å². The molecular formula is C8H6F2OS. The number of halogens is 2. The summed E-state index contributed by atoms with van der Waals surface area (Å²) in [5.41, 5.74) is -0.0797. The Bertz CT molecular complexity index is 312. The molecule has 0 heterocycles. The quantitative estimate of drug-likeness (QED) is 0.524. The molecule has 0 aromatic heterocycles. The van der Waals surface area contributed by atoms with Crippen molar-refractivity contribution in [2.24, 2.45) is 0 Å². The summed E-state index contributed by atoms with van der Waals surface area (Å²) in [6, 6.07) is 1.83. The summed E-state index contributed by atoms with van der Waals surface area (Å²) in [5.74, 6) is -1.48. The molecule has 0 aliphatic carbocycles. The summed E-state index contributed by atoms with van der Waals surface area (Å²) < 4.78 is 25.4. The molecule has 4 heteroatoms. The first-order valence-electron chi connectivity index (χ1n) is 3.17. The fraction of sp³-hybridized carbons (Fsp3) is 0.125. The van der Waals surface area contributed by atoms with Crippen LogP contribution < -0.4 is 0 Å². The third-order valence-electron chi connectivity index (χ3n) is 1.39. The maximum atomic E-state index is 12.8. The predicted molar refractivity (Wildman–Crippen MR) is 43.5 cm³/mol. The number of hydrogen-bond acceptors (Lipinski definition) is 2. The van der Waals surface area contributed by atoms with E-state index in [1.54, 1.807) is 6.26 Å². The highest BCUT2D eigenvalue weighted by atomic mass is 32.2. The third kappa shape index (κ3) is 1.64. The van der Waals surface area contributed by atoms with Crippen LogP contribution in [0.1, 0.15) is 10.4 Å². The zero-order chi connectivity index (χ0) is 9.14. The van der Waals surface area contributed by atoms with Gasteiger partial charge in [-0.1, -0.05) is 0 Å². The van der Waals surface area contributed by atoms with Crippen molar-refractivity contribution in [2.75, 3.05) is 6.26 Å². The second-order valence-electron chi connectivity index (χ2n) is 2.12. The normalized spacial score (nSPS) is 9.92. The molecule has 0 amide bonds. The highest BCUT2D eigenvalue weighted by Crippen LogP contribution is 2.22. The first-order valence-corrected chi connectivity index (χ1v) is 4.39. The molecule has 0 bridgehead atoms. The van der Waals surface area contributed by atoms with Gasteiger partial charge in [0.05, 0.1) is 5.56 Å². The van der Waals surface area contributed by atoms with Gasteiger partial charge >= 0.3 is 0 Å². The van der Waals surface area contributed by atoms with Crippen LogP contribution in [0.4, 0.5) is 8.78 Å². The number of carbonyl (C=O) groups is 1. The van der Waals surface area contributed by atoms with E-state index < -0.39 is 11.6 Å². The van der Waals surface area contributed by atoms with Crippen molar-refractivity contribution in [3.8, 4) is 0 Å². The summed E-state index contributed by atoms with van der Waals surface area (Å²) in [6.07, 6.45) is 2.04. The first kappa shape index (κ1) is 9.19. The van der Waals surface area contributed by atoms with Gasteiger partial charge in [0.1, 0.15) is 11.6 Å². The smallest absolute Gasteiger partial charge is 0.154 e. The molecule has 12 heavy (non-hydrogen) atoms. The van der Waals surface area contributed by atoms with E-state index in [1.807, 2.05) is 0 Å². The van der Waals surface area contributed by atoms with Gasteiger partial charge in [0.2, 0.25) is 0 Å². The molecule has 0 N–H and O–H groups in total. The minimum absolute atomic E-state index is 0.0797. The lowest BCUT2D eigenvalue weighted by Crippen LogP contribution is -1.92. The van der Waals surface area contributed by atoms with Gasteiger partial charge < -0.3 is 0 Å². The average Bonchev–Trinajstić information content (AvgIpc) is 2.03. The zero-order valence-corrected chi connectivity index (χ0v) is 7.12.